The van der Waals surface area contributed by atoms with Gasteiger partial charge in [-0.25, -0.2) is 0 Å². The summed E-state index contributed by atoms with van der Waals surface area (Å²) in [6.07, 6.45) is 9.05. The van der Waals surface area contributed by atoms with Gasteiger partial charge < -0.3 is 10.2 Å². The molecule has 26 heavy (non-hydrogen) atoms. The number of amides is 2. The number of carbonyl (C=O) groups is 2. The number of benzene rings is 1. The van der Waals surface area contributed by atoms with Gasteiger partial charge in [0.25, 0.3) is 5.91 Å². The highest BCUT2D eigenvalue weighted by Gasteiger charge is 2.51. The Morgan fingerprint density at radius 2 is 1.77 bits per heavy atom. The van der Waals surface area contributed by atoms with E-state index in [0.717, 1.165) is 47.5 Å². The molecule has 5 aliphatic rings. The molecule has 1 aromatic carbocycles. The average molecular weight is 352 g/mol. The van der Waals surface area contributed by atoms with E-state index in [-0.39, 0.29) is 17.4 Å². The van der Waals surface area contributed by atoms with Gasteiger partial charge in [-0.15, -0.1) is 0 Å². The topological polar surface area (TPSA) is 49.4 Å². The molecule has 1 aromatic rings. The van der Waals surface area contributed by atoms with Crippen LogP contribution in [0.3, 0.4) is 0 Å². The van der Waals surface area contributed by atoms with Gasteiger partial charge in [0.1, 0.15) is 0 Å². The fourth-order valence-electron chi connectivity index (χ4n) is 6.57. The number of hydrogen-bond acceptors (Lipinski definition) is 2. The number of fused-ring (bicyclic) bond motifs is 1. The molecule has 0 saturated heterocycles. The summed E-state index contributed by atoms with van der Waals surface area (Å²) in [6, 6.07) is 5.87. The molecule has 1 N–H and O–H groups in total. The Morgan fingerprint density at radius 3 is 2.38 bits per heavy atom. The minimum atomic E-state index is 0.0507. The van der Waals surface area contributed by atoms with Crippen molar-refractivity contribution in [1.82, 2.24) is 5.32 Å². The molecule has 0 spiro atoms. The zero-order valence-corrected chi connectivity index (χ0v) is 15.6. The predicted molar refractivity (Wildman–Crippen MR) is 101 cm³/mol. The minimum absolute atomic E-state index is 0.0507. The zero-order chi connectivity index (χ0) is 17.9. The van der Waals surface area contributed by atoms with Crippen molar-refractivity contribution in [3.63, 3.8) is 0 Å². The normalized spacial score (nSPS) is 34.0. The van der Waals surface area contributed by atoms with Gasteiger partial charge in [-0.1, -0.05) is 6.92 Å². The highest BCUT2D eigenvalue weighted by molar-refractivity contribution is 5.98. The number of hydrogen-bond donors (Lipinski definition) is 1. The maximum Gasteiger partial charge on any atom is 0.251 e. The van der Waals surface area contributed by atoms with E-state index >= 15 is 0 Å². The molecule has 4 fully saturated rings. The molecule has 4 heteroatoms. The highest BCUT2D eigenvalue weighted by Crippen LogP contribution is 2.55. The van der Waals surface area contributed by atoms with Crippen molar-refractivity contribution in [1.29, 1.82) is 0 Å². The van der Waals surface area contributed by atoms with Crippen LogP contribution in [0.4, 0.5) is 5.69 Å². The Hall–Kier alpha value is -1.84. The maximum absolute atomic E-state index is 13.0. The van der Waals surface area contributed by atoms with Crippen molar-refractivity contribution >= 4 is 17.5 Å². The lowest BCUT2D eigenvalue weighted by Crippen LogP contribution is -2.59. The van der Waals surface area contributed by atoms with Crippen molar-refractivity contribution in [2.45, 2.75) is 63.8 Å². The van der Waals surface area contributed by atoms with Crippen LogP contribution < -0.4 is 10.2 Å². The molecule has 6 rings (SSSR count). The van der Waals surface area contributed by atoms with Crippen molar-refractivity contribution in [2.75, 3.05) is 11.4 Å². The second-order valence-corrected chi connectivity index (χ2v) is 9.14. The number of carbonyl (C=O) groups excluding carboxylic acids is 2. The van der Waals surface area contributed by atoms with Gasteiger partial charge in [0.15, 0.2) is 0 Å². The van der Waals surface area contributed by atoms with E-state index in [0.29, 0.717) is 6.42 Å². The molecule has 1 heterocycles. The molecule has 2 amide bonds. The lowest BCUT2D eigenvalue weighted by molar-refractivity contribution is -0.118. The second kappa shape index (κ2) is 5.83. The molecule has 0 unspecified atom stereocenters. The predicted octanol–water partition coefficient (Wildman–Crippen LogP) is 3.68. The standard InChI is InChI=1S/C22H28N2O2/c1-2-20(25)24-6-5-17-10-18(3-4-19(17)24)21(26)23-22-11-14-7-15(12-22)9-16(8-14)13-22/h3-4,10,14-16H,2,5-9,11-13H2,1H3,(H,23,26). The summed E-state index contributed by atoms with van der Waals surface area (Å²) < 4.78 is 0. The van der Waals surface area contributed by atoms with Gasteiger partial charge in [-0.05, 0) is 86.5 Å². The summed E-state index contributed by atoms with van der Waals surface area (Å²) in [7, 11) is 0. The molecule has 4 nitrogen and oxygen atoms in total. The third-order valence-corrected chi connectivity index (χ3v) is 7.26. The average Bonchev–Trinajstić information content (AvgIpc) is 3.02. The first-order valence-electron chi connectivity index (χ1n) is 10.3. The van der Waals surface area contributed by atoms with Crippen LogP contribution in [0.2, 0.25) is 0 Å². The Bertz CT molecular complexity index is 734. The number of nitrogens with zero attached hydrogens (tertiary/aromatic N) is 1. The molecular weight excluding hydrogens is 324 g/mol. The van der Waals surface area contributed by atoms with Crippen LogP contribution in [0.25, 0.3) is 0 Å². The van der Waals surface area contributed by atoms with E-state index in [1.807, 2.05) is 30.0 Å². The number of nitrogens with one attached hydrogen (secondary N) is 1. The van der Waals surface area contributed by atoms with Gasteiger partial charge in [-0.3, -0.25) is 9.59 Å². The summed E-state index contributed by atoms with van der Waals surface area (Å²) in [6.45, 7) is 2.63. The van der Waals surface area contributed by atoms with Gasteiger partial charge in [0.2, 0.25) is 5.91 Å². The summed E-state index contributed by atoms with van der Waals surface area (Å²) in [4.78, 5) is 26.9. The zero-order valence-electron chi connectivity index (χ0n) is 15.6. The molecule has 4 bridgehead atoms. The van der Waals surface area contributed by atoms with Crippen LogP contribution in [0.1, 0.15) is 67.8 Å². The third-order valence-electron chi connectivity index (χ3n) is 7.26. The van der Waals surface area contributed by atoms with Crippen LogP contribution in [0.15, 0.2) is 18.2 Å². The van der Waals surface area contributed by atoms with Crippen LogP contribution in [0, 0.1) is 17.8 Å². The summed E-state index contributed by atoms with van der Waals surface area (Å²) in [5.41, 5.74) is 2.92. The molecule has 138 valence electrons. The Balaban J connectivity index is 1.35. The molecule has 1 aliphatic heterocycles. The van der Waals surface area contributed by atoms with Crippen molar-refractivity contribution in [3.05, 3.63) is 29.3 Å². The summed E-state index contributed by atoms with van der Waals surface area (Å²) in [5.74, 6) is 2.73. The smallest absolute Gasteiger partial charge is 0.251 e. The monoisotopic (exact) mass is 352 g/mol. The first kappa shape index (κ1) is 16.3. The van der Waals surface area contributed by atoms with Crippen LogP contribution >= 0.6 is 0 Å². The molecular formula is C22H28N2O2. The second-order valence-electron chi connectivity index (χ2n) is 9.14. The van der Waals surface area contributed by atoms with Crippen LogP contribution in [-0.2, 0) is 11.2 Å². The molecule has 0 atom stereocenters. The van der Waals surface area contributed by atoms with E-state index in [1.54, 1.807) is 0 Å². The van der Waals surface area contributed by atoms with E-state index in [1.165, 1.54) is 38.5 Å². The van der Waals surface area contributed by atoms with E-state index in [9.17, 15) is 9.59 Å². The fraction of sp³-hybridized carbons (Fsp3) is 0.636. The van der Waals surface area contributed by atoms with E-state index in [4.69, 9.17) is 0 Å². The first-order chi connectivity index (χ1) is 12.5. The minimum Gasteiger partial charge on any atom is -0.347 e. The SMILES string of the molecule is CCC(=O)N1CCc2cc(C(=O)NC34CC5CC(CC(C5)C3)C4)ccc21. The van der Waals surface area contributed by atoms with Crippen molar-refractivity contribution in [3.8, 4) is 0 Å². The Morgan fingerprint density at radius 1 is 1.12 bits per heavy atom. The van der Waals surface area contributed by atoms with Gasteiger partial charge in [0.05, 0.1) is 0 Å². The number of rotatable bonds is 3. The molecule has 0 aromatic heterocycles. The largest absolute Gasteiger partial charge is 0.347 e. The highest BCUT2D eigenvalue weighted by atomic mass is 16.2. The van der Waals surface area contributed by atoms with Gasteiger partial charge >= 0.3 is 0 Å². The maximum atomic E-state index is 13.0. The van der Waals surface area contributed by atoms with Gasteiger partial charge in [-0.2, -0.15) is 0 Å². The summed E-state index contributed by atoms with van der Waals surface area (Å²) >= 11 is 0. The quantitative estimate of drug-likeness (QED) is 0.902. The lowest BCUT2D eigenvalue weighted by atomic mass is 9.53. The van der Waals surface area contributed by atoms with Crippen molar-refractivity contribution < 1.29 is 9.59 Å². The van der Waals surface area contributed by atoms with E-state index in [2.05, 4.69) is 5.32 Å². The van der Waals surface area contributed by atoms with E-state index < -0.39 is 0 Å². The molecule has 4 aliphatic carbocycles. The molecule has 0 radical (unpaired) electrons. The van der Waals surface area contributed by atoms with Crippen LogP contribution in [0.5, 0.6) is 0 Å². The van der Waals surface area contributed by atoms with Crippen molar-refractivity contribution in [2.24, 2.45) is 17.8 Å². The van der Waals surface area contributed by atoms with Crippen LogP contribution in [-0.4, -0.2) is 23.9 Å². The number of anilines is 1. The fourth-order valence-corrected chi connectivity index (χ4v) is 6.57. The Kier molecular flexibility index (Phi) is 3.67. The van der Waals surface area contributed by atoms with Gasteiger partial charge in [0, 0.05) is 29.8 Å². The third kappa shape index (κ3) is 2.57. The molecule has 4 saturated carbocycles. The lowest BCUT2D eigenvalue weighted by Gasteiger charge is -2.56. The Labute approximate surface area is 155 Å². The first-order valence-corrected chi connectivity index (χ1v) is 10.3. The summed E-state index contributed by atoms with van der Waals surface area (Å²) in [5, 5.41) is 3.46.